The molecular formula is C7H13N3S2. The summed E-state index contributed by atoms with van der Waals surface area (Å²) in [6.45, 7) is 4.40. The molecule has 0 aliphatic carbocycles. The second kappa shape index (κ2) is 4.67. The van der Waals surface area contributed by atoms with Crippen molar-refractivity contribution in [3.05, 3.63) is 0 Å². The fourth-order valence-corrected chi connectivity index (χ4v) is 2.29. The van der Waals surface area contributed by atoms with Gasteiger partial charge in [0.15, 0.2) is 4.34 Å². The molecule has 0 saturated carbocycles. The minimum atomic E-state index is 0.705. The second-order valence-electron chi connectivity index (χ2n) is 2.83. The Hall–Kier alpha value is -0.290. The molecule has 5 heteroatoms. The lowest BCUT2D eigenvalue weighted by Crippen LogP contribution is -1.89. The van der Waals surface area contributed by atoms with Gasteiger partial charge in [0.25, 0.3) is 0 Å². The second-order valence-corrected chi connectivity index (χ2v) is 5.07. The monoisotopic (exact) mass is 203 g/mol. The molecular weight excluding hydrogens is 190 g/mol. The Kier molecular flexibility index (Phi) is 3.81. The van der Waals surface area contributed by atoms with E-state index in [2.05, 4.69) is 29.4 Å². The summed E-state index contributed by atoms with van der Waals surface area (Å²) < 4.78 is 1.05. The van der Waals surface area contributed by atoms with Gasteiger partial charge in [-0.25, -0.2) is 0 Å². The number of rotatable bonds is 4. The van der Waals surface area contributed by atoms with Crippen LogP contribution in [0.15, 0.2) is 4.34 Å². The topological polar surface area (TPSA) is 37.8 Å². The summed E-state index contributed by atoms with van der Waals surface area (Å²) in [5.74, 6) is 1.81. The van der Waals surface area contributed by atoms with E-state index in [1.165, 1.54) is 0 Å². The van der Waals surface area contributed by atoms with Gasteiger partial charge in [-0.15, -0.1) is 10.2 Å². The molecule has 0 bridgehead atoms. The van der Waals surface area contributed by atoms with Gasteiger partial charge in [0.2, 0.25) is 5.13 Å². The quantitative estimate of drug-likeness (QED) is 0.762. The number of nitrogens with zero attached hydrogens (tertiary/aromatic N) is 2. The zero-order valence-corrected chi connectivity index (χ0v) is 9.13. The molecule has 1 aromatic rings. The van der Waals surface area contributed by atoms with E-state index in [1.807, 2.05) is 7.05 Å². The predicted octanol–water partition coefficient (Wildman–Crippen LogP) is 2.33. The fourth-order valence-electron chi connectivity index (χ4n) is 0.607. The summed E-state index contributed by atoms with van der Waals surface area (Å²) in [7, 11) is 1.86. The van der Waals surface area contributed by atoms with Crippen LogP contribution in [-0.4, -0.2) is 23.0 Å². The van der Waals surface area contributed by atoms with Crippen molar-refractivity contribution in [2.45, 2.75) is 18.2 Å². The average molecular weight is 203 g/mol. The Morgan fingerprint density at radius 3 is 2.75 bits per heavy atom. The maximum atomic E-state index is 4.03. The lowest BCUT2D eigenvalue weighted by molar-refractivity contribution is 0.749. The van der Waals surface area contributed by atoms with Crippen molar-refractivity contribution in [2.24, 2.45) is 5.92 Å². The molecule has 0 saturated heterocycles. The highest BCUT2D eigenvalue weighted by Crippen LogP contribution is 2.26. The normalized spacial score (nSPS) is 10.7. The number of nitrogens with one attached hydrogen (secondary N) is 1. The van der Waals surface area contributed by atoms with E-state index in [-0.39, 0.29) is 0 Å². The maximum absolute atomic E-state index is 4.03. The molecule has 1 heterocycles. The predicted molar refractivity (Wildman–Crippen MR) is 55.0 cm³/mol. The van der Waals surface area contributed by atoms with Crippen LogP contribution >= 0.6 is 23.1 Å². The smallest absolute Gasteiger partial charge is 0.206 e. The summed E-state index contributed by atoms with van der Waals surface area (Å²) in [6, 6.07) is 0. The highest BCUT2D eigenvalue weighted by atomic mass is 32.2. The van der Waals surface area contributed by atoms with Crippen molar-refractivity contribution in [3.63, 3.8) is 0 Å². The van der Waals surface area contributed by atoms with Crippen molar-refractivity contribution < 1.29 is 0 Å². The van der Waals surface area contributed by atoms with Gasteiger partial charge in [-0.3, -0.25) is 0 Å². The van der Waals surface area contributed by atoms with Crippen molar-refractivity contribution >= 4 is 28.2 Å². The molecule has 1 N–H and O–H groups in total. The molecule has 0 aromatic carbocycles. The van der Waals surface area contributed by atoms with Crippen LogP contribution in [0.1, 0.15) is 13.8 Å². The average Bonchev–Trinajstić information content (AvgIpc) is 2.48. The minimum absolute atomic E-state index is 0.705. The molecule has 1 aromatic heterocycles. The molecule has 12 heavy (non-hydrogen) atoms. The molecule has 0 fully saturated rings. The molecule has 3 nitrogen and oxygen atoms in total. The third-order valence-electron chi connectivity index (χ3n) is 1.16. The van der Waals surface area contributed by atoms with Crippen LogP contribution in [0.4, 0.5) is 5.13 Å². The van der Waals surface area contributed by atoms with Crippen molar-refractivity contribution in [1.82, 2.24) is 10.2 Å². The Balaban J connectivity index is 2.41. The van der Waals surface area contributed by atoms with Gasteiger partial charge in [0.05, 0.1) is 0 Å². The third kappa shape index (κ3) is 2.98. The van der Waals surface area contributed by atoms with Crippen LogP contribution in [0.25, 0.3) is 0 Å². The van der Waals surface area contributed by atoms with Gasteiger partial charge in [0, 0.05) is 12.8 Å². The first kappa shape index (κ1) is 9.80. The fraction of sp³-hybridized carbons (Fsp3) is 0.714. The summed E-state index contributed by atoms with van der Waals surface area (Å²) in [5, 5.41) is 11.8. The Bertz CT molecular complexity index is 234. The van der Waals surface area contributed by atoms with Crippen LogP contribution in [-0.2, 0) is 0 Å². The van der Waals surface area contributed by atoms with Crippen LogP contribution in [0, 0.1) is 5.92 Å². The van der Waals surface area contributed by atoms with Crippen LogP contribution in [0.3, 0.4) is 0 Å². The van der Waals surface area contributed by atoms with E-state index in [0.717, 1.165) is 15.2 Å². The molecule has 0 spiro atoms. The molecule has 0 aliphatic heterocycles. The van der Waals surface area contributed by atoms with E-state index in [1.54, 1.807) is 23.1 Å². The first-order valence-electron chi connectivity index (χ1n) is 3.86. The Morgan fingerprint density at radius 2 is 2.25 bits per heavy atom. The Morgan fingerprint density at radius 1 is 1.50 bits per heavy atom. The first-order valence-corrected chi connectivity index (χ1v) is 5.66. The largest absolute Gasteiger partial charge is 0.363 e. The molecule has 0 radical (unpaired) electrons. The minimum Gasteiger partial charge on any atom is -0.363 e. The standard InChI is InChI=1S/C7H13N3S2/c1-5(2)4-11-7-10-9-6(8-3)12-7/h5H,4H2,1-3H3,(H,8,9). The molecule has 0 amide bonds. The Labute approximate surface area is 81.0 Å². The van der Waals surface area contributed by atoms with E-state index in [4.69, 9.17) is 0 Å². The van der Waals surface area contributed by atoms with Crippen molar-refractivity contribution in [2.75, 3.05) is 18.1 Å². The number of anilines is 1. The van der Waals surface area contributed by atoms with Crippen LogP contribution in [0.5, 0.6) is 0 Å². The zero-order valence-electron chi connectivity index (χ0n) is 7.50. The van der Waals surface area contributed by atoms with E-state index in [0.29, 0.717) is 5.92 Å². The van der Waals surface area contributed by atoms with Gasteiger partial charge in [0.1, 0.15) is 0 Å². The van der Waals surface area contributed by atoms with Crippen LogP contribution in [0.2, 0.25) is 0 Å². The van der Waals surface area contributed by atoms with E-state index >= 15 is 0 Å². The summed E-state index contributed by atoms with van der Waals surface area (Å²) in [4.78, 5) is 0. The van der Waals surface area contributed by atoms with Gasteiger partial charge in [-0.05, 0) is 5.92 Å². The van der Waals surface area contributed by atoms with Gasteiger partial charge < -0.3 is 5.32 Å². The summed E-state index contributed by atoms with van der Waals surface area (Å²) in [6.07, 6.45) is 0. The number of thioether (sulfide) groups is 1. The third-order valence-corrected chi connectivity index (χ3v) is 3.66. The van der Waals surface area contributed by atoms with E-state index in [9.17, 15) is 0 Å². The highest BCUT2D eigenvalue weighted by Gasteiger charge is 2.03. The molecule has 1 rings (SSSR count). The lowest BCUT2D eigenvalue weighted by Gasteiger charge is -1.98. The summed E-state index contributed by atoms with van der Waals surface area (Å²) in [5.41, 5.74) is 0. The van der Waals surface area contributed by atoms with Gasteiger partial charge in [-0.1, -0.05) is 36.9 Å². The maximum Gasteiger partial charge on any atom is 0.206 e. The lowest BCUT2D eigenvalue weighted by atomic mass is 10.3. The molecule has 68 valence electrons. The van der Waals surface area contributed by atoms with Crippen LogP contribution < -0.4 is 5.32 Å². The van der Waals surface area contributed by atoms with Gasteiger partial charge >= 0.3 is 0 Å². The first-order chi connectivity index (χ1) is 5.72. The van der Waals surface area contributed by atoms with Crippen molar-refractivity contribution in [1.29, 1.82) is 0 Å². The van der Waals surface area contributed by atoms with E-state index < -0.39 is 0 Å². The highest BCUT2D eigenvalue weighted by molar-refractivity contribution is 8.01. The summed E-state index contributed by atoms with van der Waals surface area (Å²) >= 11 is 3.37. The van der Waals surface area contributed by atoms with Gasteiger partial charge in [-0.2, -0.15) is 0 Å². The number of hydrogen-bond donors (Lipinski definition) is 1. The van der Waals surface area contributed by atoms with Crippen molar-refractivity contribution in [3.8, 4) is 0 Å². The zero-order chi connectivity index (χ0) is 8.97. The molecule has 0 unspecified atom stereocenters. The molecule has 0 atom stereocenters. The number of hydrogen-bond acceptors (Lipinski definition) is 5. The SMILES string of the molecule is CNc1nnc(SCC(C)C)s1. The molecule has 0 aliphatic rings. The number of aromatic nitrogens is 2.